The summed E-state index contributed by atoms with van der Waals surface area (Å²) in [6, 6.07) is 5.30. The number of nitrogens with zero attached hydrogens (tertiary/aromatic N) is 2. The topological polar surface area (TPSA) is 51.3 Å². The molecule has 106 valence electrons. The number of hydrogen-bond acceptors (Lipinski definition) is 3. The summed E-state index contributed by atoms with van der Waals surface area (Å²) < 4.78 is 1.77. The molecule has 0 aliphatic heterocycles. The lowest BCUT2D eigenvalue weighted by atomic mass is 9.80. The van der Waals surface area contributed by atoms with E-state index in [1.807, 2.05) is 12.3 Å². The predicted molar refractivity (Wildman–Crippen MR) is 78.2 cm³/mol. The largest absolute Gasteiger partial charge is 0.329 e. The van der Waals surface area contributed by atoms with Crippen LogP contribution in [0.15, 0.2) is 29.2 Å². The number of pyridine rings is 1. The Hall–Kier alpha value is -1.13. The molecule has 1 aromatic rings. The molecule has 0 unspecified atom stereocenters. The van der Waals surface area contributed by atoms with Crippen molar-refractivity contribution < 1.29 is 0 Å². The molecule has 0 spiro atoms. The molecule has 1 heterocycles. The van der Waals surface area contributed by atoms with Crippen LogP contribution in [0.25, 0.3) is 0 Å². The normalized spacial score (nSPS) is 18.7. The number of aromatic nitrogens is 1. The first-order valence-corrected chi connectivity index (χ1v) is 7.25. The van der Waals surface area contributed by atoms with E-state index in [1.54, 1.807) is 16.7 Å². The van der Waals surface area contributed by atoms with Gasteiger partial charge < -0.3 is 10.3 Å². The smallest absolute Gasteiger partial charge is 0.250 e. The minimum Gasteiger partial charge on any atom is -0.329 e. The molecule has 4 nitrogen and oxygen atoms in total. The van der Waals surface area contributed by atoms with Gasteiger partial charge in [-0.1, -0.05) is 25.3 Å². The van der Waals surface area contributed by atoms with Gasteiger partial charge in [0.15, 0.2) is 0 Å². The van der Waals surface area contributed by atoms with Crippen molar-refractivity contribution in [3.63, 3.8) is 0 Å². The van der Waals surface area contributed by atoms with E-state index in [-0.39, 0.29) is 11.1 Å². The van der Waals surface area contributed by atoms with Gasteiger partial charge in [-0.3, -0.25) is 9.69 Å². The molecule has 19 heavy (non-hydrogen) atoms. The van der Waals surface area contributed by atoms with Crippen molar-refractivity contribution in [3.05, 3.63) is 34.7 Å². The van der Waals surface area contributed by atoms with Crippen LogP contribution in [0.3, 0.4) is 0 Å². The Bertz CT molecular complexity index is 449. The van der Waals surface area contributed by atoms with Crippen molar-refractivity contribution >= 4 is 0 Å². The maximum Gasteiger partial charge on any atom is 0.250 e. The summed E-state index contributed by atoms with van der Waals surface area (Å²) in [6.07, 6.45) is 8.09. The number of hydrogen-bond donors (Lipinski definition) is 1. The zero-order valence-corrected chi connectivity index (χ0v) is 11.8. The number of likely N-dealkylation sites (N-methyl/N-ethyl adjacent to an activating group) is 1. The maximum absolute atomic E-state index is 11.7. The van der Waals surface area contributed by atoms with Crippen molar-refractivity contribution in [3.8, 4) is 0 Å². The van der Waals surface area contributed by atoms with Crippen molar-refractivity contribution in [2.75, 3.05) is 20.1 Å². The summed E-state index contributed by atoms with van der Waals surface area (Å²) in [5.41, 5.74) is 6.25. The van der Waals surface area contributed by atoms with E-state index >= 15 is 0 Å². The zero-order chi connectivity index (χ0) is 13.7. The van der Waals surface area contributed by atoms with Crippen molar-refractivity contribution in [2.45, 2.75) is 44.2 Å². The van der Waals surface area contributed by atoms with Crippen LogP contribution in [0.1, 0.15) is 32.1 Å². The molecule has 2 rings (SSSR count). The molecule has 1 aromatic heterocycles. The first kappa shape index (κ1) is 14.3. The molecular weight excluding hydrogens is 238 g/mol. The van der Waals surface area contributed by atoms with Gasteiger partial charge in [0.2, 0.25) is 0 Å². The monoisotopic (exact) mass is 263 g/mol. The minimum absolute atomic E-state index is 0.0707. The van der Waals surface area contributed by atoms with E-state index in [9.17, 15) is 4.79 Å². The zero-order valence-electron chi connectivity index (χ0n) is 11.8. The van der Waals surface area contributed by atoms with Crippen molar-refractivity contribution in [1.29, 1.82) is 0 Å². The second-order valence-corrected chi connectivity index (χ2v) is 5.64. The molecule has 0 saturated heterocycles. The maximum atomic E-state index is 11.7. The molecule has 1 aliphatic rings. The van der Waals surface area contributed by atoms with Gasteiger partial charge in [0, 0.05) is 37.4 Å². The first-order valence-electron chi connectivity index (χ1n) is 7.25. The summed E-state index contributed by atoms with van der Waals surface area (Å²) in [7, 11) is 2.14. The Morgan fingerprint density at radius 2 is 2.05 bits per heavy atom. The molecule has 0 bridgehead atoms. The highest BCUT2D eigenvalue weighted by Crippen LogP contribution is 2.31. The Kier molecular flexibility index (Phi) is 4.77. The third-order valence-corrected chi connectivity index (χ3v) is 4.55. The molecule has 0 atom stereocenters. The van der Waals surface area contributed by atoms with Crippen molar-refractivity contribution in [2.24, 2.45) is 5.73 Å². The molecule has 4 heteroatoms. The average molecular weight is 263 g/mol. The lowest BCUT2D eigenvalue weighted by Crippen LogP contribution is -2.54. The first-order chi connectivity index (χ1) is 9.18. The lowest BCUT2D eigenvalue weighted by molar-refractivity contribution is 0.0791. The van der Waals surface area contributed by atoms with Gasteiger partial charge in [-0.25, -0.2) is 0 Å². The van der Waals surface area contributed by atoms with Crippen LogP contribution < -0.4 is 11.3 Å². The molecule has 1 fully saturated rings. The SMILES string of the molecule is CN(CCn1ccccc1=O)C1(CN)CCCCC1. The van der Waals surface area contributed by atoms with Crippen LogP contribution in [-0.2, 0) is 6.54 Å². The van der Waals surface area contributed by atoms with Gasteiger partial charge in [0.25, 0.3) is 5.56 Å². The van der Waals surface area contributed by atoms with E-state index in [4.69, 9.17) is 5.73 Å². The van der Waals surface area contributed by atoms with E-state index in [1.165, 1.54) is 32.1 Å². The Balaban J connectivity index is 1.98. The van der Waals surface area contributed by atoms with E-state index in [0.717, 1.165) is 13.1 Å². The van der Waals surface area contributed by atoms with Crippen LogP contribution in [0.5, 0.6) is 0 Å². The fraction of sp³-hybridized carbons (Fsp3) is 0.667. The second kappa shape index (κ2) is 6.35. The van der Waals surface area contributed by atoms with Gasteiger partial charge >= 0.3 is 0 Å². The Morgan fingerprint density at radius 1 is 1.32 bits per heavy atom. The van der Waals surface area contributed by atoms with E-state index < -0.39 is 0 Å². The van der Waals surface area contributed by atoms with Crippen LogP contribution in [0.4, 0.5) is 0 Å². The van der Waals surface area contributed by atoms with Crippen molar-refractivity contribution in [1.82, 2.24) is 9.47 Å². The second-order valence-electron chi connectivity index (χ2n) is 5.64. The summed E-state index contributed by atoms with van der Waals surface area (Å²) in [5.74, 6) is 0. The highest BCUT2D eigenvalue weighted by molar-refractivity contribution is 4.95. The summed E-state index contributed by atoms with van der Waals surface area (Å²) in [5, 5.41) is 0. The predicted octanol–water partition coefficient (Wildman–Crippen LogP) is 1.44. The average Bonchev–Trinajstić information content (AvgIpc) is 2.46. The number of rotatable bonds is 5. The Labute approximate surface area is 115 Å². The third kappa shape index (κ3) is 3.25. The third-order valence-electron chi connectivity index (χ3n) is 4.55. The molecule has 1 aliphatic carbocycles. The van der Waals surface area contributed by atoms with Crippen LogP contribution in [-0.4, -0.2) is 35.1 Å². The molecule has 0 radical (unpaired) electrons. The molecular formula is C15H25N3O. The fourth-order valence-electron chi connectivity index (χ4n) is 3.09. The van der Waals surface area contributed by atoms with Gasteiger partial charge in [-0.15, -0.1) is 0 Å². The highest BCUT2D eigenvalue weighted by Gasteiger charge is 2.34. The summed E-state index contributed by atoms with van der Waals surface area (Å²) in [4.78, 5) is 14.0. The summed E-state index contributed by atoms with van der Waals surface area (Å²) in [6.45, 7) is 2.33. The molecule has 0 amide bonds. The van der Waals surface area contributed by atoms with E-state index in [0.29, 0.717) is 6.54 Å². The summed E-state index contributed by atoms with van der Waals surface area (Å²) >= 11 is 0. The van der Waals surface area contributed by atoms with E-state index in [2.05, 4.69) is 11.9 Å². The van der Waals surface area contributed by atoms with Crippen LogP contribution in [0, 0.1) is 0 Å². The highest BCUT2D eigenvalue weighted by atomic mass is 16.1. The fourth-order valence-corrected chi connectivity index (χ4v) is 3.09. The van der Waals surface area contributed by atoms with Crippen LogP contribution in [0.2, 0.25) is 0 Å². The molecule has 1 saturated carbocycles. The van der Waals surface area contributed by atoms with Gasteiger partial charge in [-0.2, -0.15) is 0 Å². The minimum atomic E-state index is 0.0707. The Morgan fingerprint density at radius 3 is 2.68 bits per heavy atom. The lowest BCUT2D eigenvalue weighted by Gasteiger charge is -2.44. The van der Waals surface area contributed by atoms with Gasteiger partial charge in [0.1, 0.15) is 0 Å². The molecule has 0 aromatic carbocycles. The van der Waals surface area contributed by atoms with Gasteiger partial charge in [-0.05, 0) is 26.0 Å². The quantitative estimate of drug-likeness (QED) is 0.874. The number of nitrogens with two attached hydrogens (primary N) is 1. The molecule has 2 N–H and O–H groups in total. The van der Waals surface area contributed by atoms with Crippen LogP contribution >= 0.6 is 0 Å². The van der Waals surface area contributed by atoms with Gasteiger partial charge in [0.05, 0.1) is 0 Å². The standard InChI is InChI=1S/C15H25N3O/c1-17(15(13-16)8-4-2-5-9-15)11-12-18-10-6-3-7-14(18)19/h3,6-7,10H,2,4-5,8-9,11-13,16H2,1H3.